The van der Waals surface area contributed by atoms with Gasteiger partial charge in [0.15, 0.2) is 5.76 Å². The van der Waals surface area contributed by atoms with Crippen LogP contribution in [0.4, 0.5) is 0 Å². The van der Waals surface area contributed by atoms with Crippen LogP contribution in [0.1, 0.15) is 48.8 Å². The normalized spacial score (nSPS) is 11.2. The zero-order valence-electron chi connectivity index (χ0n) is 14.8. The van der Waals surface area contributed by atoms with Gasteiger partial charge in [-0.2, -0.15) is 0 Å². The molecule has 0 spiro atoms. The molecule has 1 aromatic carbocycles. The van der Waals surface area contributed by atoms with E-state index in [0.717, 1.165) is 29.8 Å². The van der Waals surface area contributed by atoms with Gasteiger partial charge in [0.25, 0.3) is 5.91 Å². The third-order valence-electron chi connectivity index (χ3n) is 4.70. The molecule has 25 heavy (non-hydrogen) atoms. The van der Waals surface area contributed by atoms with Crippen LogP contribution in [0.5, 0.6) is 0 Å². The van der Waals surface area contributed by atoms with Gasteiger partial charge in [-0.15, -0.1) is 0 Å². The molecule has 0 saturated carbocycles. The fourth-order valence-electron chi connectivity index (χ4n) is 3.33. The summed E-state index contributed by atoms with van der Waals surface area (Å²) >= 11 is 0. The first-order valence-corrected chi connectivity index (χ1v) is 8.60. The molecular weight excluding hydrogens is 314 g/mol. The number of hydrogen-bond acceptors (Lipinski definition) is 3. The quantitative estimate of drug-likeness (QED) is 0.715. The molecule has 2 N–H and O–H groups in total. The zero-order chi connectivity index (χ0) is 18.0. The predicted octanol–water partition coefficient (Wildman–Crippen LogP) is 4.58. The van der Waals surface area contributed by atoms with Crippen LogP contribution in [0.15, 0.2) is 47.0 Å². The maximum absolute atomic E-state index is 11.8. The number of carbonyl (C=O) groups excluding carboxylic acids is 1. The lowest BCUT2D eigenvalue weighted by Gasteiger charge is -2.20. The highest BCUT2D eigenvalue weighted by Crippen LogP contribution is 2.33. The summed E-state index contributed by atoms with van der Waals surface area (Å²) in [5.41, 5.74) is 9.51. The SMILES string of the molecule is CCC(CC)n1c(-c2cc(-c3ccccc3)on2)cc(C(N)=O)c1C. The summed E-state index contributed by atoms with van der Waals surface area (Å²) in [5.74, 6) is 0.279. The minimum absolute atomic E-state index is 0.278. The lowest BCUT2D eigenvalue weighted by molar-refractivity contribution is 0.0999. The van der Waals surface area contributed by atoms with Gasteiger partial charge in [-0.1, -0.05) is 49.3 Å². The van der Waals surface area contributed by atoms with Crippen molar-refractivity contribution in [1.29, 1.82) is 0 Å². The van der Waals surface area contributed by atoms with Gasteiger partial charge in [-0.25, -0.2) is 0 Å². The first-order valence-electron chi connectivity index (χ1n) is 8.60. The number of hydrogen-bond donors (Lipinski definition) is 1. The molecule has 0 bridgehead atoms. The van der Waals surface area contributed by atoms with E-state index in [1.807, 2.05) is 49.4 Å². The summed E-state index contributed by atoms with van der Waals surface area (Å²) in [6.45, 7) is 6.21. The van der Waals surface area contributed by atoms with E-state index in [-0.39, 0.29) is 6.04 Å². The third kappa shape index (κ3) is 3.09. The van der Waals surface area contributed by atoms with E-state index in [1.165, 1.54) is 0 Å². The fraction of sp³-hybridized carbons (Fsp3) is 0.300. The average Bonchev–Trinajstić information content (AvgIpc) is 3.23. The minimum atomic E-state index is -0.421. The number of primary amides is 1. The molecule has 0 unspecified atom stereocenters. The van der Waals surface area contributed by atoms with Gasteiger partial charge < -0.3 is 14.8 Å². The topological polar surface area (TPSA) is 74.1 Å². The Morgan fingerprint density at radius 3 is 2.48 bits per heavy atom. The van der Waals surface area contributed by atoms with E-state index in [1.54, 1.807) is 0 Å². The highest BCUT2D eigenvalue weighted by atomic mass is 16.5. The minimum Gasteiger partial charge on any atom is -0.366 e. The van der Waals surface area contributed by atoms with Crippen LogP contribution in [0.25, 0.3) is 22.7 Å². The largest absolute Gasteiger partial charge is 0.366 e. The molecule has 2 heterocycles. The van der Waals surface area contributed by atoms with Gasteiger partial charge in [0.05, 0.1) is 11.3 Å². The maximum Gasteiger partial charge on any atom is 0.250 e. The number of nitrogens with two attached hydrogens (primary N) is 1. The van der Waals surface area contributed by atoms with E-state index in [0.29, 0.717) is 17.0 Å². The van der Waals surface area contributed by atoms with Crippen molar-refractivity contribution in [1.82, 2.24) is 9.72 Å². The van der Waals surface area contributed by atoms with Crippen LogP contribution in [0.3, 0.4) is 0 Å². The summed E-state index contributed by atoms with van der Waals surface area (Å²) < 4.78 is 7.70. The van der Waals surface area contributed by atoms with Gasteiger partial charge >= 0.3 is 0 Å². The van der Waals surface area contributed by atoms with Crippen LogP contribution in [-0.4, -0.2) is 15.6 Å². The Kier molecular flexibility index (Phi) is 4.74. The van der Waals surface area contributed by atoms with Crippen molar-refractivity contribution in [3.05, 3.63) is 53.7 Å². The molecule has 0 fully saturated rings. The maximum atomic E-state index is 11.8. The molecule has 3 aromatic rings. The van der Waals surface area contributed by atoms with Crippen molar-refractivity contribution in [2.75, 3.05) is 0 Å². The van der Waals surface area contributed by atoms with E-state index < -0.39 is 5.91 Å². The molecule has 2 aromatic heterocycles. The summed E-state index contributed by atoms with van der Waals surface area (Å²) in [5, 5.41) is 4.24. The first-order chi connectivity index (χ1) is 12.1. The van der Waals surface area contributed by atoms with Crippen molar-refractivity contribution in [2.45, 2.75) is 39.7 Å². The van der Waals surface area contributed by atoms with Crippen molar-refractivity contribution >= 4 is 5.91 Å². The number of carbonyl (C=O) groups is 1. The summed E-state index contributed by atoms with van der Waals surface area (Å²) in [6, 6.07) is 13.8. The van der Waals surface area contributed by atoms with Gasteiger partial charge in [-0.3, -0.25) is 4.79 Å². The molecule has 0 aliphatic carbocycles. The van der Waals surface area contributed by atoms with Crippen molar-refractivity contribution in [3.63, 3.8) is 0 Å². The number of rotatable bonds is 6. The second kappa shape index (κ2) is 6.97. The summed E-state index contributed by atoms with van der Waals surface area (Å²) in [4.78, 5) is 11.8. The Hall–Kier alpha value is -2.82. The number of benzene rings is 1. The fourth-order valence-corrected chi connectivity index (χ4v) is 3.33. The van der Waals surface area contributed by atoms with Crippen molar-refractivity contribution in [2.24, 2.45) is 5.73 Å². The first kappa shape index (κ1) is 17.0. The Bertz CT molecular complexity index is 874. The Morgan fingerprint density at radius 2 is 1.88 bits per heavy atom. The van der Waals surface area contributed by atoms with Gasteiger partial charge in [0.1, 0.15) is 5.69 Å². The Labute approximate surface area is 147 Å². The highest BCUT2D eigenvalue weighted by Gasteiger charge is 2.23. The number of aromatic nitrogens is 2. The molecular formula is C20H23N3O2. The van der Waals surface area contributed by atoms with Gasteiger partial charge in [-0.05, 0) is 25.8 Å². The lowest BCUT2D eigenvalue weighted by Crippen LogP contribution is -2.14. The molecule has 0 aliphatic rings. The van der Waals surface area contributed by atoms with E-state index in [9.17, 15) is 4.79 Å². The molecule has 3 rings (SSSR count). The highest BCUT2D eigenvalue weighted by molar-refractivity contribution is 5.95. The van der Waals surface area contributed by atoms with E-state index in [2.05, 4.69) is 23.6 Å². The second-order valence-corrected chi connectivity index (χ2v) is 6.18. The summed E-state index contributed by atoms with van der Waals surface area (Å²) in [6.07, 6.45) is 1.92. The van der Waals surface area contributed by atoms with Crippen LogP contribution in [-0.2, 0) is 0 Å². The Morgan fingerprint density at radius 1 is 1.20 bits per heavy atom. The van der Waals surface area contributed by atoms with Crippen LogP contribution in [0.2, 0.25) is 0 Å². The third-order valence-corrected chi connectivity index (χ3v) is 4.70. The second-order valence-electron chi connectivity index (χ2n) is 6.18. The molecule has 130 valence electrons. The molecule has 0 radical (unpaired) electrons. The molecule has 1 amide bonds. The van der Waals surface area contributed by atoms with Crippen LogP contribution < -0.4 is 5.73 Å². The molecule has 0 aliphatic heterocycles. The summed E-state index contributed by atoms with van der Waals surface area (Å²) in [7, 11) is 0. The van der Waals surface area contributed by atoms with Crippen LogP contribution >= 0.6 is 0 Å². The van der Waals surface area contributed by atoms with Crippen LogP contribution in [0, 0.1) is 6.92 Å². The monoisotopic (exact) mass is 337 g/mol. The molecule has 5 nitrogen and oxygen atoms in total. The predicted molar refractivity (Wildman–Crippen MR) is 98.2 cm³/mol. The van der Waals surface area contributed by atoms with Crippen molar-refractivity contribution in [3.8, 4) is 22.7 Å². The number of nitrogens with zero attached hydrogens (tertiary/aromatic N) is 2. The average molecular weight is 337 g/mol. The van der Waals surface area contributed by atoms with Gasteiger partial charge in [0.2, 0.25) is 0 Å². The lowest BCUT2D eigenvalue weighted by atomic mass is 10.1. The molecule has 5 heteroatoms. The zero-order valence-corrected chi connectivity index (χ0v) is 14.8. The smallest absolute Gasteiger partial charge is 0.250 e. The standard InChI is InChI=1S/C20H23N3O2/c1-4-15(5-2)23-13(3)16(20(21)24)11-18(23)17-12-19(25-22-17)14-9-7-6-8-10-14/h6-12,15H,4-5H2,1-3H3,(H2,21,24). The number of amides is 1. The molecule has 0 saturated heterocycles. The van der Waals surface area contributed by atoms with E-state index >= 15 is 0 Å². The van der Waals surface area contributed by atoms with Gasteiger partial charge in [0, 0.05) is 23.4 Å². The van der Waals surface area contributed by atoms with Crippen molar-refractivity contribution < 1.29 is 9.32 Å². The Balaban J connectivity index is 2.12. The molecule has 0 atom stereocenters. The van der Waals surface area contributed by atoms with E-state index in [4.69, 9.17) is 10.3 Å².